The van der Waals surface area contributed by atoms with E-state index < -0.39 is 0 Å². The third kappa shape index (κ3) is 7.40. The molecule has 2 aliphatic rings. The minimum absolute atomic E-state index is 0. The molecule has 1 saturated carbocycles. The number of carbonyl (C=O) groups excluding carboxylic acids is 1. The van der Waals surface area contributed by atoms with Crippen molar-refractivity contribution in [2.45, 2.75) is 57.5 Å². The predicted octanol–water partition coefficient (Wildman–Crippen LogP) is 2.78. The first kappa shape index (κ1) is 24.9. The summed E-state index contributed by atoms with van der Waals surface area (Å²) in [5.74, 6) is 0.873. The zero-order chi connectivity index (χ0) is 20.5. The number of ether oxygens (including phenoxy) is 1. The number of hydrogen-bond acceptors (Lipinski definition) is 4. The smallest absolute Gasteiger partial charge is 0.246 e. The van der Waals surface area contributed by atoms with Crippen LogP contribution in [0, 0.1) is 0 Å². The molecular weight excluding hydrogens is 495 g/mol. The maximum atomic E-state index is 12.6. The van der Waals surface area contributed by atoms with Gasteiger partial charge in [-0.3, -0.25) is 14.5 Å². The van der Waals surface area contributed by atoms with Gasteiger partial charge in [0.25, 0.3) is 0 Å². The molecule has 0 aromatic carbocycles. The lowest BCUT2D eigenvalue weighted by molar-refractivity contribution is -0.120. The lowest BCUT2D eigenvalue weighted by atomic mass is 10.1. The average Bonchev–Trinajstić information content (AvgIpc) is 2.98. The summed E-state index contributed by atoms with van der Waals surface area (Å²) in [5.41, 5.74) is 0.855. The number of hydrogen-bond donors (Lipinski definition) is 1. The van der Waals surface area contributed by atoms with E-state index in [1.165, 1.54) is 38.5 Å². The Bertz CT molecular complexity index is 672. The molecule has 0 spiro atoms. The molecule has 1 saturated heterocycles. The number of guanidine groups is 1. The number of halogens is 1. The summed E-state index contributed by atoms with van der Waals surface area (Å²) in [6.45, 7) is 3.41. The zero-order valence-electron chi connectivity index (χ0n) is 18.4. The van der Waals surface area contributed by atoms with Crippen molar-refractivity contribution in [2.75, 3.05) is 44.7 Å². The highest BCUT2D eigenvalue weighted by Crippen LogP contribution is 2.20. The van der Waals surface area contributed by atoms with Gasteiger partial charge >= 0.3 is 0 Å². The molecule has 1 N–H and O–H groups in total. The molecule has 1 aromatic rings. The fourth-order valence-corrected chi connectivity index (χ4v) is 4.09. The van der Waals surface area contributed by atoms with Crippen molar-refractivity contribution in [1.29, 1.82) is 0 Å². The van der Waals surface area contributed by atoms with E-state index in [2.05, 4.69) is 15.4 Å². The van der Waals surface area contributed by atoms with Crippen LogP contribution in [0.1, 0.15) is 51.4 Å². The molecule has 1 aliphatic heterocycles. The molecule has 1 aliphatic carbocycles. The van der Waals surface area contributed by atoms with Gasteiger partial charge in [0, 0.05) is 46.5 Å². The molecule has 170 valence electrons. The van der Waals surface area contributed by atoms with E-state index >= 15 is 0 Å². The van der Waals surface area contributed by atoms with E-state index in [4.69, 9.17) is 4.74 Å². The first-order valence-electron chi connectivity index (χ1n) is 11.0. The van der Waals surface area contributed by atoms with Crippen molar-refractivity contribution >= 4 is 41.5 Å². The highest BCUT2D eigenvalue weighted by Gasteiger charge is 2.27. The second-order valence-corrected chi connectivity index (χ2v) is 8.00. The van der Waals surface area contributed by atoms with Crippen molar-refractivity contribution in [3.8, 4) is 0 Å². The topological polar surface area (TPSA) is 75.0 Å². The van der Waals surface area contributed by atoms with E-state index in [1.807, 2.05) is 18.1 Å². The van der Waals surface area contributed by atoms with Crippen molar-refractivity contribution in [1.82, 2.24) is 20.0 Å². The van der Waals surface area contributed by atoms with Crippen LogP contribution in [-0.2, 0) is 16.6 Å². The minimum atomic E-state index is 0. The Morgan fingerprint density at radius 1 is 1.23 bits per heavy atom. The maximum absolute atomic E-state index is 12.6. The maximum Gasteiger partial charge on any atom is 0.246 e. The number of unbranched alkanes of at least 4 members (excludes halogenated alkanes) is 1. The first-order valence-corrected chi connectivity index (χ1v) is 11.0. The summed E-state index contributed by atoms with van der Waals surface area (Å²) in [7, 11) is 3.63. The largest absolute Gasteiger partial charge is 0.378 e. The van der Waals surface area contributed by atoms with Crippen LogP contribution in [0.3, 0.4) is 0 Å². The molecule has 2 fully saturated rings. The molecule has 0 unspecified atom stereocenters. The highest BCUT2D eigenvalue weighted by molar-refractivity contribution is 14.0. The van der Waals surface area contributed by atoms with Crippen LogP contribution in [0.5, 0.6) is 0 Å². The Kier molecular flexibility index (Phi) is 10.9. The van der Waals surface area contributed by atoms with E-state index in [1.54, 1.807) is 22.8 Å². The second kappa shape index (κ2) is 13.1. The molecule has 0 bridgehead atoms. The van der Waals surface area contributed by atoms with Gasteiger partial charge in [0.2, 0.25) is 5.91 Å². The number of aliphatic imine (C=N–C) groups is 1. The van der Waals surface area contributed by atoms with Crippen LogP contribution >= 0.6 is 24.0 Å². The quantitative estimate of drug-likeness (QED) is 0.192. The van der Waals surface area contributed by atoms with Crippen LogP contribution < -0.4 is 10.2 Å². The fraction of sp³-hybridized carbons (Fsp3) is 0.762. The number of amides is 1. The van der Waals surface area contributed by atoms with Crippen molar-refractivity contribution in [3.05, 3.63) is 12.4 Å². The average molecular weight is 532 g/mol. The van der Waals surface area contributed by atoms with Gasteiger partial charge in [-0.25, -0.2) is 0 Å². The van der Waals surface area contributed by atoms with Gasteiger partial charge in [-0.1, -0.05) is 25.7 Å². The van der Waals surface area contributed by atoms with Crippen LogP contribution in [0.4, 0.5) is 5.69 Å². The van der Waals surface area contributed by atoms with Gasteiger partial charge in [0.15, 0.2) is 5.96 Å². The number of rotatable bonds is 7. The van der Waals surface area contributed by atoms with Crippen molar-refractivity contribution in [3.63, 3.8) is 0 Å². The summed E-state index contributed by atoms with van der Waals surface area (Å²) in [6, 6.07) is 0. The molecule has 1 amide bonds. The predicted molar refractivity (Wildman–Crippen MR) is 131 cm³/mol. The number of aromatic nitrogens is 2. The standard InChI is InChI=1S/C21H36N6O2.HI/c1-22-21(23-11-7-8-14-29-19-9-5-3-4-6-10-19)26-12-13-27(20(28)17-26)18-15-24-25(2)16-18;/h15-16,19H,3-14,17H2,1-2H3,(H,22,23);1H. The molecule has 8 nitrogen and oxygen atoms in total. The molecule has 9 heteroatoms. The van der Waals surface area contributed by atoms with Crippen LogP contribution in [0.25, 0.3) is 0 Å². The molecule has 30 heavy (non-hydrogen) atoms. The van der Waals surface area contributed by atoms with Gasteiger partial charge < -0.3 is 19.9 Å². The zero-order valence-corrected chi connectivity index (χ0v) is 20.7. The molecular formula is C21H37IN6O2. The number of nitrogens with one attached hydrogen (secondary N) is 1. The van der Waals surface area contributed by atoms with E-state index in [-0.39, 0.29) is 29.9 Å². The van der Waals surface area contributed by atoms with Gasteiger partial charge in [-0.05, 0) is 25.7 Å². The summed E-state index contributed by atoms with van der Waals surface area (Å²) < 4.78 is 7.77. The highest BCUT2D eigenvalue weighted by atomic mass is 127. The Morgan fingerprint density at radius 3 is 2.63 bits per heavy atom. The van der Waals surface area contributed by atoms with Gasteiger partial charge in [-0.15, -0.1) is 24.0 Å². The number of nitrogens with zero attached hydrogens (tertiary/aromatic N) is 5. The summed E-state index contributed by atoms with van der Waals surface area (Å²) in [4.78, 5) is 20.8. The molecule has 0 atom stereocenters. The Balaban J connectivity index is 0.00000320. The Hall–Kier alpha value is -1.36. The Labute approximate surface area is 197 Å². The number of anilines is 1. The lowest BCUT2D eigenvalue weighted by Gasteiger charge is -2.35. The van der Waals surface area contributed by atoms with Crippen LogP contribution in [0.15, 0.2) is 17.4 Å². The van der Waals surface area contributed by atoms with E-state index in [0.29, 0.717) is 19.2 Å². The minimum Gasteiger partial charge on any atom is -0.378 e. The van der Waals surface area contributed by atoms with E-state index in [0.717, 1.165) is 44.2 Å². The van der Waals surface area contributed by atoms with E-state index in [9.17, 15) is 4.79 Å². The lowest BCUT2D eigenvalue weighted by Crippen LogP contribution is -2.55. The fourth-order valence-electron chi connectivity index (χ4n) is 4.09. The third-order valence-corrected chi connectivity index (χ3v) is 5.74. The molecule has 1 aromatic heterocycles. The van der Waals surface area contributed by atoms with Crippen molar-refractivity contribution in [2.24, 2.45) is 12.0 Å². The van der Waals surface area contributed by atoms with Gasteiger partial charge in [0.05, 0.1) is 18.0 Å². The van der Waals surface area contributed by atoms with Crippen molar-refractivity contribution < 1.29 is 9.53 Å². The molecule has 2 heterocycles. The SMILES string of the molecule is CN=C(NCCCCOC1CCCCCC1)N1CCN(c2cnn(C)c2)C(=O)C1.I. The first-order chi connectivity index (χ1) is 14.2. The number of aryl methyl sites for hydroxylation is 1. The summed E-state index contributed by atoms with van der Waals surface area (Å²) in [6.07, 6.45) is 14.0. The van der Waals surface area contributed by atoms with Crippen LogP contribution in [-0.4, -0.2) is 72.5 Å². The third-order valence-electron chi connectivity index (χ3n) is 5.74. The van der Waals surface area contributed by atoms with Gasteiger partial charge in [0.1, 0.15) is 6.54 Å². The molecule has 0 radical (unpaired) electrons. The monoisotopic (exact) mass is 532 g/mol. The molecule has 3 rings (SSSR count). The summed E-state index contributed by atoms with van der Waals surface area (Å²) in [5, 5.41) is 7.56. The Morgan fingerprint density at radius 2 is 2.00 bits per heavy atom. The summed E-state index contributed by atoms with van der Waals surface area (Å²) >= 11 is 0. The van der Waals surface area contributed by atoms with Gasteiger partial charge in [-0.2, -0.15) is 5.10 Å². The van der Waals surface area contributed by atoms with Crippen LogP contribution in [0.2, 0.25) is 0 Å². The number of carbonyl (C=O) groups is 1. The number of piperazine rings is 1. The normalized spacial score (nSPS) is 18.9. The second-order valence-electron chi connectivity index (χ2n) is 8.00.